The third kappa shape index (κ3) is 2.39. The fraction of sp³-hybridized carbons (Fsp3) is 0.267. The van der Waals surface area contributed by atoms with Gasteiger partial charge in [-0.05, 0) is 36.5 Å². The number of nitro groups is 1. The summed E-state index contributed by atoms with van der Waals surface area (Å²) in [7, 11) is 0. The van der Waals surface area contributed by atoms with Gasteiger partial charge in [-0.3, -0.25) is 10.1 Å². The number of pyridine rings is 1. The van der Waals surface area contributed by atoms with Crippen molar-refractivity contribution in [2.24, 2.45) is 0 Å². The Morgan fingerprint density at radius 2 is 2.05 bits per heavy atom. The van der Waals surface area contributed by atoms with Gasteiger partial charge in [-0.1, -0.05) is 36.2 Å². The molecule has 1 aromatic carbocycles. The van der Waals surface area contributed by atoms with Crippen LogP contribution < -0.4 is 0 Å². The number of aromatic nitrogens is 1. The second-order valence-electron chi connectivity index (χ2n) is 5.01. The molecule has 3 rings (SSSR count). The second kappa shape index (κ2) is 5.21. The Morgan fingerprint density at radius 3 is 2.70 bits per heavy atom. The molecule has 0 N–H and O–H groups in total. The molecule has 0 radical (unpaired) electrons. The average Bonchev–Trinajstić information content (AvgIpc) is 2.36. The zero-order valence-corrected chi connectivity index (χ0v) is 11.5. The van der Waals surface area contributed by atoms with Gasteiger partial charge in [0.1, 0.15) is 10.8 Å². The van der Waals surface area contributed by atoms with Crippen LogP contribution >= 0.6 is 11.6 Å². The minimum atomic E-state index is -0.422. The SMILES string of the molecule is O=[N+]([O-])c1ccc(Cl)nc1-c1cccc(C2CCC2)c1. The van der Waals surface area contributed by atoms with Gasteiger partial charge in [0.15, 0.2) is 0 Å². The van der Waals surface area contributed by atoms with Crippen molar-refractivity contribution in [3.05, 3.63) is 57.2 Å². The Morgan fingerprint density at radius 1 is 1.25 bits per heavy atom. The van der Waals surface area contributed by atoms with Crippen LogP contribution in [0.4, 0.5) is 5.69 Å². The molecule has 0 bridgehead atoms. The number of hydrogen-bond acceptors (Lipinski definition) is 3. The van der Waals surface area contributed by atoms with Crippen molar-refractivity contribution in [1.82, 2.24) is 4.98 Å². The molecule has 0 atom stereocenters. The zero-order valence-electron chi connectivity index (χ0n) is 10.8. The van der Waals surface area contributed by atoms with E-state index in [0.29, 0.717) is 11.6 Å². The molecule has 0 aliphatic heterocycles. The maximum absolute atomic E-state index is 11.1. The van der Waals surface area contributed by atoms with Crippen LogP contribution in [0.2, 0.25) is 5.15 Å². The Bertz CT molecular complexity index is 669. The van der Waals surface area contributed by atoms with Crippen LogP contribution in [-0.4, -0.2) is 9.91 Å². The smallest absolute Gasteiger partial charge is 0.258 e. The lowest BCUT2D eigenvalue weighted by Gasteiger charge is -2.26. The van der Waals surface area contributed by atoms with Crippen LogP contribution in [0.1, 0.15) is 30.7 Å². The summed E-state index contributed by atoms with van der Waals surface area (Å²) in [6.45, 7) is 0. The van der Waals surface area contributed by atoms with E-state index >= 15 is 0 Å². The number of halogens is 1. The van der Waals surface area contributed by atoms with Gasteiger partial charge in [0.25, 0.3) is 5.69 Å². The normalized spacial score (nSPS) is 14.8. The standard InChI is InChI=1S/C15H13ClN2O2/c16-14-8-7-13(18(19)20)15(17-14)12-6-2-5-11(9-12)10-3-1-4-10/h2,5-10H,1,3-4H2. The molecule has 5 heteroatoms. The summed E-state index contributed by atoms with van der Waals surface area (Å²) in [6, 6.07) is 10.7. The molecule has 0 spiro atoms. The lowest BCUT2D eigenvalue weighted by molar-refractivity contribution is -0.384. The zero-order chi connectivity index (χ0) is 14.1. The summed E-state index contributed by atoms with van der Waals surface area (Å²) in [5.74, 6) is 0.577. The quantitative estimate of drug-likeness (QED) is 0.472. The fourth-order valence-electron chi connectivity index (χ4n) is 2.47. The predicted molar refractivity (Wildman–Crippen MR) is 77.9 cm³/mol. The molecule has 1 saturated carbocycles. The molecule has 20 heavy (non-hydrogen) atoms. The summed E-state index contributed by atoms with van der Waals surface area (Å²) >= 11 is 5.88. The fourth-order valence-corrected chi connectivity index (χ4v) is 2.62. The van der Waals surface area contributed by atoms with Gasteiger partial charge in [0, 0.05) is 11.6 Å². The Kier molecular flexibility index (Phi) is 3.40. The van der Waals surface area contributed by atoms with Gasteiger partial charge in [0.05, 0.1) is 4.92 Å². The molecule has 1 aliphatic rings. The van der Waals surface area contributed by atoms with Gasteiger partial charge < -0.3 is 0 Å². The van der Waals surface area contributed by atoms with Crippen molar-refractivity contribution in [3.63, 3.8) is 0 Å². The van der Waals surface area contributed by atoms with E-state index in [0.717, 1.165) is 5.56 Å². The number of nitrogens with zero attached hydrogens (tertiary/aromatic N) is 2. The van der Waals surface area contributed by atoms with Gasteiger partial charge >= 0.3 is 0 Å². The minimum absolute atomic E-state index is 0.0137. The Balaban J connectivity index is 2.08. The van der Waals surface area contributed by atoms with Gasteiger partial charge in [-0.15, -0.1) is 0 Å². The minimum Gasteiger partial charge on any atom is -0.258 e. The third-order valence-corrected chi connectivity index (χ3v) is 3.98. The molecule has 102 valence electrons. The van der Waals surface area contributed by atoms with E-state index < -0.39 is 4.92 Å². The van der Waals surface area contributed by atoms with Crippen molar-refractivity contribution < 1.29 is 4.92 Å². The van der Waals surface area contributed by atoms with Crippen molar-refractivity contribution in [1.29, 1.82) is 0 Å². The van der Waals surface area contributed by atoms with Crippen molar-refractivity contribution in [2.75, 3.05) is 0 Å². The van der Waals surface area contributed by atoms with Gasteiger partial charge in [-0.2, -0.15) is 0 Å². The summed E-state index contributed by atoms with van der Waals surface area (Å²) in [5, 5.41) is 11.4. The lowest BCUT2D eigenvalue weighted by atomic mass is 9.79. The van der Waals surface area contributed by atoms with Crippen molar-refractivity contribution in [2.45, 2.75) is 25.2 Å². The average molecular weight is 289 g/mol. The summed E-state index contributed by atoms with van der Waals surface area (Å²) in [6.07, 6.45) is 3.63. The van der Waals surface area contributed by atoms with E-state index in [1.807, 2.05) is 18.2 Å². The topological polar surface area (TPSA) is 56.0 Å². The number of hydrogen-bond donors (Lipinski definition) is 0. The highest BCUT2D eigenvalue weighted by Crippen LogP contribution is 2.38. The maximum atomic E-state index is 11.1. The van der Waals surface area contributed by atoms with Crippen LogP contribution in [-0.2, 0) is 0 Å². The summed E-state index contributed by atoms with van der Waals surface area (Å²) < 4.78 is 0. The van der Waals surface area contributed by atoms with Crippen LogP contribution in [0.15, 0.2) is 36.4 Å². The third-order valence-electron chi connectivity index (χ3n) is 3.77. The maximum Gasteiger partial charge on any atom is 0.295 e. The molecule has 1 aliphatic carbocycles. The molecule has 1 heterocycles. The van der Waals surface area contributed by atoms with Gasteiger partial charge in [-0.25, -0.2) is 4.98 Å². The molecule has 1 fully saturated rings. The molecule has 1 aromatic heterocycles. The molecule has 0 amide bonds. The molecular weight excluding hydrogens is 276 g/mol. The first-order valence-electron chi connectivity index (χ1n) is 6.56. The second-order valence-corrected chi connectivity index (χ2v) is 5.40. The first kappa shape index (κ1) is 13.1. The van der Waals surface area contributed by atoms with E-state index in [1.165, 1.54) is 37.0 Å². The van der Waals surface area contributed by atoms with E-state index in [2.05, 4.69) is 11.1 Å². The largest absolute Gasteiger partial charge is 0.295 e. The van der Waals surface area contributed by atoms with Crippen LogP contribution in [0.3, 0.4) is 0 Å². The number of rotatable bonds is 3. The summed E-state index contributed by atoms with van der Waals surface area (Å²) in [5.41, 5.74) is 2.30. The molecular formula is C15H13ClN2O2. The first-order chi connectivity index (χ1) is 9.65. The van der Waals surface area contributed by atoms with E-state index in [4.69, 9.17) is 11.6 Å². The first-order valence-corrected chi connectivity index (χ1v) is 6.94. The molecule has 2 aromatic rings. The van der Waals surface area contributed by atoms with Crippen molar-refractivity contribution in [3.8, 4) is 11.3 Å². The predicted octanol–water partition coefficient (Wildman–Crippen LogP) is 4.58. The van der Waals surface area contributed by atoms with Crippen LogP contribution in [0.5, 0.6) is 0 Å². The van der Waals surface area contributed by atoms with E-state index in [1.54, 1.807) is 0 Å². The molecule has 0 saturated heterocycles. The Hall–Kier alpha value is -1.94. The number of benzene rings is 1. The highest BCUT2D eigenvalue weighted by Gasteiger charge is 2.22. The highest BCUT2D eigenvalue weighted by atomic mass is 35.5. The van der Waals surface area contributed by atoms with Crippen molar-refractivity contribution >= 4 is 17.3 Å². The van der Waals surface area contributed by atoms with E-state index in [9.17, 15) is 10.1 Å². The van der Waals surface area contributed by atoms with Crippen LogP contribution in [0.25, 0.3) is 11.3 Å². The Labute approximate surface area is 121 Å². The lowest BCUT2D eigenvalue weighted by Crippen LogP contribution is -2.08. The van der Waals surface area contributed by atoms with E-state index in [-0.39, 0.29) is 10.8 Å². The highest BCUT2D eigenvalue weighted by molar-refractivity contribution is 6.29. The molecule has 4 nitrogen and oxygen atoms in total. The monoisotopic (exact) mass is 288 g/mol. The van der Waals surface area contributed by atoms with Gasteiger partial charge in [0.2, 0.25) is 0 Å². The molecule has 0 unspecified atom stereocenters. The van der Waals surface area contributed by atoms with Crippen LogP contribution in [0, 0.1) is 10.1 Å². The summed E-state index contributed by atoms with van der Waals surface area (Å²) in [4.78, 5) is 14.8.